The molecule has 0 aliphatic rings. The zero-order chi connectivity index (χ0) is 12.1. The predicted octanol–water partition coefficient (Wildman–Crippen LogP) is 2.49. The Morgan fingerprint density at radius 1 is 1.69 bits per heavy atom. The Hall–Kier alpha value is -1.73. The van der Waals surface area contributed by atoms with Crippen LogP contribution in [0.15, 0.2) is 18.2 Å². The van der Waals surface area contributed by atoms with Crippen molar-refractivity contribution in [1.29, 1.82) is 5.26 Å². The number of hydrogen-bond acceptors (Lipinski definition) is 3. The Morgan fingerprint density at radius 2 is 2.38 bits per heavy atom. The highest BCUT2D eigenvalue weighted by Crippen LogP contribution is 2.20. The maximum atomic E-state index is 10.5. The Bertz CT molecular complexity index is 440. The minimum Gasteiger partial charge on any atom is -0.481 e. The number of anilines is 1. The summed E-state index contributed by atoms with van der Waals surface area (Å²) in [6.07, 6.45) is -0.00645. The number of carboxylic acid groups (broad SMARTS) is 1. The second kappa shape index (κ2) is 5.38. The van der Waals surface area contributed by atoms with Gasteiger partial charge >= 0.3 is 5.97 Å². The number of aliphatic carboxylic acids is 1. The van der Waals surface area contributed by atoms with Crippen LogP contribution in [0.25, 0.3) is 0 Å². The molecule has 4 nitrogen and oxygen atoms in total. The molecule has 0 radical (unpaired) electrons. The van der Waals surface area contributed by atoms with Gasteiger partial charge in [0.15, 0.2) is 0 Å². The molecule has 0 saturated heterocycles. The summed E-state index contributed by atoms with van der Waals surface area (Å²) in [7, 11) is 0. The van der Waals surface area contributed by atoms with E-state index in [9.17, 15) is 4.79 Å². The molecule has 1 rings (SSSR count). The van der Waals surface area contributed by atoms with Crippen LogP contribution >= 0.6 is 11.6 Å². The van der Waals surface area contributed by atoms with E-state index in [1.165, 1.54) is 6.07 Å². The lowest BCUT2D eigenvalue weighted by Crippen LogP contribution is -2.19. The zero-order valence-electron chi connectivity index (χ0n) is 8.70. The SMILES string of the molecule is CC(CC(=O)O)Nc1ccc(Cl)cc1C#N. The quantitative estimate of drug-likeness (QED) is 0.845. The number of nitrogens with zero attached hydrogens (tertiary/aromatic N) is 1. The summed E-state index contributed by atoms with van der Waals surface area (Å²) in [6, 6.07) is 6.61. The van der Waals surface area contributed by atoms with Crippen LogP contribution in [0.2, 0.25) is 5.02 Å². The molecule has 1 atom stereocenters. The van der Waals surface area contributed by atoms with Gasteiger partial charge in [0.1, 0.15) is 6.07 Å². The van der Waals surface area contributed by atoms with Gasteiger partial charge in [-0.1, -0.05) is 11.6 Å². The Morgan fingerprint density at radius 3 is 2.94 bits per heavy atom. The van der Waals surface area contributed by atoms with Gasteiger partial charge in [-0.3, -0.25) is 4.79 Å². The highest BCUT2D eigenvalue weighted by atomic mass is 35.5. The Labute approximate surface area is 98.5 Å². The molecule has 0 fully saturated rings. The fourth-order valence-electron chi connectivity index (χ4n) is 1.31. The molecule has 0 spiro atoms. The first-order chi connectivity index (χ1) is 7.52. The van der Waals surface area contributed by atoms with E-state index in [4.69, 9.17) is 22.0 Å². The molecule has 0 aliphatic heterocycles. The average Bonchev–Trinajstić information content (AvgIpc) is 2.19. The molecule has 0 aromatic heterocycles. The first kappa shape index (κ1) is 12.3. The van der Waals surface area contributed by atoms with Gasteiger partial charge in [0.2, 0.25) is 0 Å². The number of halogens is 1. The molecule has 84 valence electrons. The van der Waals surface area contributed by atoms with Crippen molar-refractivity contribution in [2.45, 2.75) is 19.4 Å². The summed E-state index contributed by atoms with van der Waals surface area (Å²) < 4.78 is 0. The lowest BCUT2D eigenvalue weighted by molar-refractivity contribution is -0.137. The molecule has 1 unspecified atom stereocenters. The summed E-state index contributed by atoms with van der Waals surface area (Å²) in [5.74, 6) is -0.882. The van der Waals surface area contributed by atoms with E-state index < -0.39 is 5.97 Å². The summed E-state index contributed by atoms with van der Waals surface area (Å²) >= 11 is 5.74. The number of nitriles is 1. The smallest absolute Gasteiger partial charge is 0.305 e. The molecule has 1 aromatic rings. The third-order valence-electron chi connectivity index (χ3n) is 1.98. The van der Waals surface area contributed by atoms with Gasteiger partial charge < -0.3 is 10.4 Å². The second-order valence-corrected chi connectivity index (χ2v) is 3.88. The number of rotatable bonds is 4. The van der Waals surface area contributed by atoms with Gasteiger partial charge in [0, 0.05) is 11.1 Å². The predicted molar refractivity (Wildman–Crippen MR) is 61.5 cm³/mol. The Balaban J connectivity index is 2.81. The van der Waals surface area contributed by atoms with Crippen molar-refractivity contribution in [3.63, 3.8) is 0 Å². The fourth-order valence-corrected chi connectivity index (χ4v) is 1.49. The molecule has 2 N–H and O–H groups in total. The van der Waals surface area contributed by atoms with Crippen LogP contribution in [-0.2, 0) is 4.79 Å². The molecule has 16 heavy (non-hydrogen) atoms. The topological polar surface area (TPSA) is 73.1 Å². The van der Waals surface area contributed by atoms with Crippen LogP contribution in [-0.4, -0.2) is 17.1 Å². The van der Waals surface area contributed by atoms with Crippen molar-refractivity contribution in [1.82, 2.24) is 0 Å². The molecular formula is C11H11ClN2O2. The minimum atomic E-state index is -0.882. The van der Waals surface area contributed by atoms with E-state index >= 15 is 0 Å². The molecule has 1 aromatic carbocycles. The average molecular weight is 239 g/mol. The summed E-state index contributed by atoms with van der Waals surface area (Å²) in [5.41, 5.74) is 1.00. The molecule has 0 amide bonds. The highest BCUT2D eigenvalue weighted by Gasteiger charge is 2.09. The fraction of sp³-hybridized carbons (Fsp3) is 0.273. The summed E-state index contributed by atoms with van der Waals surface area (Å²) in [4.78, 5) is 10.5. The minimum absolute atomic E-state index is 0.00645. The third kappa shape index (κ3) is 3.44. The summed E-state index contributed by atoms with van der Waals surface area (Å²) in [5, 5.41) is 20.9. The standard InChI is InChI=1S/C11H11ClN2O2/c1-7(4-11(15)16)14-10-3-2-9(12)5-8(10)6-13/h2-3,5,7,14H,4H2,1H3,(H,15,16). The monoisotopic (exact) mass is 238 g/mol. The number of benzene rings is 1. The first-order valence-corrected chi connectivity index (χ1v) is 5.08. The highest BCUT2D eigenvalue weighted by molar-refractivity contribution is 6.30. The normalized spacial score (nSPS) is 11.6. The molecule has 5 heteroatoms. The number of nitrogens with one attached hydrogen (secondary N) is 1. The van der Waals surface area contributed by atoms with Gasteiger partial charge in [-0.2, -0.15) is 5.26 Å². The van der Waals surface area contributed by atoms with E-state index in [-0.39, 0.29) is 12.5 Å². The largest absolute Gasteiger partial charge is 0.481 e. The maximum Gasteiger partial charge on any atom is 0.305 e. The molecular weight excluding hydrogens is 228 g/mol. The van der Waals surface area contributed by atoms with Crippen LogP contribution in [0.5, 0.6) is 0 Å². The van der Waals surface area contributed by atoms with Gasteiger partial charge in [0.05, 0.1) is 17.7 Å². The lowest BCUT2D eigenvalue weighted by Gasteiger charge is -2.14. The second-order valence-electron chi connectivity index (χ2n) is 3.44. The van der Waals surface area contributed by atoms with Crippen molar-refractivity contribution in [2.24, 2.45) is 0 Å². The van der Waals surface area contributed by atoms with E-state index in [2.05, 4.69) is 5.32 Å². The van der Waals surface area contributed by atoms with E-state index in [0.29, 0.717) is 16.3 Å². The molecule has 0 heterocycles. The van der Waals surface area contributed by atoms with Crippen molar-refractivity contribution < 1.29 is 9.90 Å². The van der Waals surface area contributed by atoms with Gasteiger partial charge in [-0.25, -0.2) is 0 Å². The molecule has 0 aliphatic carbocycles. The third-order valence-corrected chi connectivity index (χ3v) is 2.22. The zero-order valence-corrected chi connectivity index (χ0v) is 9.45. The van der Waals surface area contributed by atoms with Crippen molar-refractivity contribution >= 4 is 23.3 Å². The van der Waals surface area contributed by atoms with Crippen LogP contribution < -0.4 is 5.32 Å². The van der Waals surface area contributed by atoms with Crippen LogP contribution in [0, 0.1) is 11.3 Å². The Kier molecular flexibility index (Phi) is 4.15. The van der Waals surface area contributed by atoms with Crippen LogP contribution in [0.4, 0.5) is 5.69 Å². The van der Waals surface area contributed by atoms with Gasteiger partial charge in [-0.05, 0) is 25.1 Å². The van der Waals surface area contributed by atoms with Gasteiger partial charge in [-0.15, -0.1) is 0 Å². The molecule has 0 bridgehead atoms. The number of carboxylic acids is 1. The van der Waals surface area contributed by atoms with Crippen LogP contribution in [0.3, 0.4) is 0 Å². The van der Waals surface area contributed by atoms with E-state index in [1.54, 1.807) is 19.1 Å². The van der Waals surface area contributed by atoms with Crippen molar-refractivity contribution in [3.05, 3.63) is 28.8 Å². The van der Waals surface area contributed by atoms with Gasteiger partial charge in [0.25, 0.3) is 0 Å². The lowest BCUT2D eigenvalue weighted by atomic mass is 10.1. The van der Waals surface area contributed by atoms with Crippen LogP contribution in [0.1, 0.15) is 18.9 Å². The van der Waals surface area contributed by atoms with E-state index in [1.807, 2.05) is 6.07 Å². The number of hydrogen-bond donors (Lipinski definition) is 2. The molecule has 0 saturated carbocycles. The number of carbonyl (C=O) groups is 1. The first-order valence-electron chi connectivity index (χ1n) is 4.71. The summed E-state index contributed by atoms with van der Waals surface area (Å²) in [6.45, 7) is 1.74. The van der Waals surface area contributed by atoms with Crippen molar-refractivity contribution in [3.8, 4) is 6.07 Å². The van der Waals surface area contributed by atoms with E-state index in [0.717, 1.165) is 0 Å². The maximum absolute atomic E-state index is 10.5. The van der Waals surface area contributed by atoms with Crippen molar-refractivity contribution in [2.75, 3.05) is 5.32 Å².